The van der Waals surface area contributed by atoms with Crippen LogP contribution in [0.1, 0.15) is 19.8 Å². The van der Waals surface area contributed by atoms with Gasteiger partial charge in [0, 0.05) is 25.6 Å². The monoisotopic (exact) mass is 273 g/mol. The van der Waals surface area contributed by atoms with Crippen molar-refractivity contribution in [1.82, 2.24) is 10.3 Å². The summed E-state index contributed by atoms with van der Waals surface area (Å²) in [5, 5.41) is 5.29. The molecule has 5 N–H and O–H groups in total. The highest BCUT2D eigenvalue weighted by atomic mass is 19.1. The van der Waals surface area contributed by atoms with E-state index in [1.54, 1.807) is 0 Å². The van der Waals surface area contributed by atoms with Crippen LogP contribution in [0.15, 0.2) is 6.07 Å². The number of nitrogens with two attached hydrogens (primary N) is 1. The molecule has 0 aromatic carbocycles. The van der Waals surface area contributed by atoms with Gasteiger partial charge in [-0.05, 0) is 6.42 Å². The maximum atomic E-state index is 13.4. The van der Waals surface area contributed by atoms with Crippen LogP contribution < -0.4 is 21.9 Å². The second kappa shape index (κ2) is 7.47. The molecule has 0 radical (unpaired) electrons. The highest BCUT2D eigenvalue weighted by Gasteiger charge is 2.11. The topological polar surface area (TPSA) is 92.1 Å². The summed E-state index contributed by atoms with van der Waals surface area (Å²) >= 11 is 0. The van der Waals surface area contributed by atoms with Gasteiger partial charge in [0.1, 0.15) is 0 Å². The highest BCUT2D eigenvalue weighted by Crippen LogP contribution is 2.17. The molecule has 0 fully saturated rings. The molecule has 0 aliphatic rings. The number of halogens is 2. The van der Waals surface area contributed by atoms with Gasteiger partial charge < -0.3 is 16.1 Å². The van der Waals surface area contributed by atoms with Crippen molar-refractivity contribution in [2.75, 3.05) is 23.8 Å². The van der Waals surface area contributed by atoms with Crippen LogP contribution in [0.5, 0.6) is 0 Å². The van der Waals surface area contributed by atoms with Crippen LogP contribution in [0.3, 0.4) is 0 Å². The zero-order chi connectivity index (χ0) is 14.3. The van der Waals surface area contributed by atoms with Gasteiger partial charge >= 0.3 is 0 Å². The van der Waals surface area contributed by atoms with Gasteiger partial charge in [-0.25, -0.2) is 19.6 Å². The molecule has 1 rings (SSSR count). The molecule has 1 heterocycles. The van der Waals surface area contributed by atoms with E-state index in [2.05, 4.69) is 15.6 Å². The van der Waals surface area contributed by atoms with E-state index in [0.717, 1.165) is 6.42 Å². The fourth-order valence-electron chi connectivity index (χ4n) is 1.34. The third kappa shape index (κ3) is 4.66. The number of pyridine rings is 1. The smallest absolute Gasteiger partial charge is 0.221 e. The van der Waals surface area contributed by atoms with E-state index >= 15 is 0 Å². The van der Waals surface area contributed by atoms with E-state index in [4.69, 9.17) is 5.84 Å². The Labute approximate surface area is 109 Å². The molecule has 0 saturated carbocycles. The molecule has 0 bridgehead atoms. The van der Waals surface area contributed by atoms with Crippen molar-refractivity contribution in [2.24, 2.45) is 5.84 Å². The third-order valence-electron chi connectivity index (χ3n) is 2.28. The van der Waals surface area contributed by atoms with Crippen molar-refractivity contribution >= 4 is 17.5 Å². The van der Waals surface area contributed by atoms with E-state index in [1.165, 1.54) is 0 Å². The molecule has 0 saturated heterocycles. The first-order chi connectivity index (χ1) is 9.08. The van der Waals surface area contributed by atoms with Crippen LogP contribution in [0.25, 0.3) is 0 Å². The van der Waals surface area contributed by atoms with E-state index in [1.807, 2.05) is 12.3 Å². The van der Waals surface area contributed by atoms with Gasteiger partial charge in [-0.2, -0.15) is 0 Å². The van der Waals surface area contributed by atoms with Crippen LogP contribution in [-0.4, -0.2) is 24.0 Å². The first kappa shape index (κ1) is 15.1. The van der Waals surface area contributed by atoms with Gasteiger partial charge in [0.2, 0.25) is 5.91 Å². The van der Waals surface area contributed by atoms with Gasteiger partial charge in [-0.15, -0.1) is 0 Å². The predicted octanol–water partition coefficient (Wildman–Crippen LogP) is 0.974. The first-order valence-electron chi connectivity index (χ1n) is 5.91. The molecule has 106 valence electrons. The number of nitrogens with one attached hydrogen (secondary N) is 3. The quantitative estimate of drug-likeness (QED) is 0.439. The number of anilines is 2. The Balaban J connectivity index is 2.51. The summed E-state index contributed by atoms with van der Waals surface area (Å²) in [6.45, 7) is 2.73. The summed E-state index contributed by atoms with van der Waals surface area (Å²) in [6, 6.07) is 0.668. The molecule has 0 atom stereocenters. The minimum absolute atomic E-state index is 0.144. The number of hydrogen-bond donors (Lipinski definition) is 4. The maximum Gasteiger partial charge on any atom is 0.221 e. The summed E-state index contributed by atoms with van der Waals surface area (Å²) < 4.78 is 26.4. The summed E-state index contributed by atoms with van der Waals surface area (Å²) in [7, 11) is 0. The predicted molar refractivity (Wildman–Crippen MR) is 68.4 cm³/mol. The largest absolute Gasteiger partial charge is 0.367 e. The summed E-state index contributed by atoms with van der Waals surface area (Å²) in [4.78, 5) is 14.9. The molecule has 8 heteroatoms. The molecular weight excluding hydrogens is 256 g/mol. The number of hydrogen-bond acceptors (Lipinski definition) is 5. The highest BCUT2D eigenvalue weighted by molar-refractivity contribution is 5.76. The van der Waals surface area contributed by atoms with Crippen LogP contribution in [0.2, 0.25) is 0 Å². The Hall–Kier alpha value is -1.96. The Morgan fingerprint density at radius 2 is 2.00 bits per heavy atom. The average molecular weight is 273 g/mol. The zero-order valence-corrected chi connectivity index (χ0v) is 10.6. The maximum absolute atomic E-state index is 13.4. The SMILES string of the molecule is CCCNC(=O)CCNc1nc(NN)c(F)cc1F. The normalized spacial score (nSPS) is 10.1. The molecule has 0 aliphatic heterocycles. The minimum Gasteiger partial charge on any atom is -0.367 e. The molecule has 19 heavy (non-hydrogen) atoms. The number of carbonyl (C=O) groups excluding carboxylic acids is 1. The Morgan fingerprint density at radius 1 is 1.32 bits per heavy atom. The fraction of sp³-hybridized carbons (Fsp3) is 0.455. The Morgan fingerprint density at radius 3 is 2.63 bits per heavy atom. The number of nitrogens with zero attached hydrogens (tertiary/aromatic N) is 1. The molecule has 0 aliphatic carbocycles. The summed E-state index contributed by atoms with van der Waals surface area (Å²) in [5.74, 6) is 2.75. The van der Waals surface area contributed by atoms with E-state index in [-0.39, 0.29) is 30.5 Å². The van der Waals surface area contributed by atoms with Gasteiger partial charge in [-0.1, -0.05) is 6.92 Å². The fourth-order valence-corrected chi connectivity index (χ4v) is 1.34. The molecular formula is C11H17F2N5O. The molecule has 1 aromatic rings. The molecule has 1 amide bonds. The van der Waals surface area contributed by atoms with Crippen molar-refractivity contribution in [1.29, 1.82) is 0 Å². The number of carbonyl (C=O) groups is 1. The van der Waals surface area contributed by atoms with Gasteiger partial charge in [-0.3, -0.25) is 4.79 Å². The minimum atomic E-state index is -0.883. The number of rotatable bonds is 7. The lowest BCUT2D eigenvalue weighted by atomic mass is 10.3. The second-order valence-corrected chi connectivity index (χ2v) is 3.82. The lowest BCUT2D eigenvalue weighted by Crippen LogP contribution is -2.26. The van der Waals surface area contributed by atoms with Crippen LogP contribution in [0.4, 0.5) is 20.4 Å². The average Bonchev–Trinajstić information content (AvgIpc) is 2.38. The van der Waals surface area contributed by atoms with Crippen LogP contribution in [-0.2, 0) is 4.79 Å². The van der Waals surface area contributed by atoms with Crippen molar-refractivity contribution in [3.63, 3.8) is 0 Å². The number of amides is 1. The van der Waals surface area contributed by atoms with Crippen molar-refractivity contribution < 1.29 is 13.6 Å². The van der Waals surface area contributed by atoms with Crippen molar-refractivity contribution in [3.05, 3.63) is 17.7 Å². The molecule has 0 spiro atoms. The number of hydrazine groups is 1. The molecule has 6 nitrogen and oxygen atoms in total. The summed E-state index contributed by atoms with van der Waals surface area (Å²) in [5.41, 5.74) is 2.02. The van der Waals surface area contributed by atoms with Crippen molar-refractivity contribution in [2.45, 2.75) is 19.8 Å². The van der Waals surface area contributed by atoms with Crippen LogP contribution >= 0.6 is 0 Å². The van der Waals surface area contributed by atoms with Gasteiger partial charge in [0.15, 0.2) is 23.3 Å². The number of nitrogen functional groups attached to an aromatic ring is 1. The number of aromatic nitrogens is 1. The first-order valence-corrected chi connectivity index (χ1v) is 5.91. The van der Waals surface area contributed by atoms with Crippen molar-refractivity contribution in [3.8, 4) is 0 Å². The zero-order valence-electron chi connectivity index (χ0n) is 10.6. The van der Waals surface area contributed by atoms with Gasteiger partial charge in [0.25, 0.3) is 0 Å². The lowest BCUT2D eigenvalue weighted by molar-refractivity contribution is -0.120. The van der Waals surface area contributed by atoms with Gasteiger partial charge in [0.05, 0.1) is 0 Å². The second-order valence-electron chi connectivity index (χ2n) is 3.82. The van der Waals surface area contributed by atoms with E-state index in [0.29, 0.717) is 12.6 Å². The molecule has 1 aromatic heterocycles. The Bertz CT molecular complexity index is 441. The van der Waals surface area contributed by atoms with E-state index < -0.39 is 11.6 Å². The lowest BCUT2D eigenvalue weighted by Gasteiger charge is -2.09. The summed E-state index contributed by atoms with van der Waals surface area (Å²) in [6.07, 6.45) is 1.02. The standard InChI is InChI=1S/C11H17F2N5O/c1-2-4-15-9(19)3-5-16-10-7(12)6-8(13)11(17-10)18-14/h6H,2-5,14H2,1H3,(H,15,19)(H2,16,17,18). The van der Waals surface area contributed by atoms with Crippen LogP contribution in [0, 0.1) is 11.6 Å². The molecule has 0 unspecified atom stereocenters. The van der Waals surface area contributed by atoms with E-state index in [9.17, 15) is 13.6 Å². The Kier molecular flexibility index (Phi) is 5.94. The third-order valence-corrected chi connectivity index (χ3v) is 2.28.